The normalized spacial score (nSPS) is 24.7. The Morgan fingerprint density at radius 1 is 1.57 bits per heavy atom. The summed E-state index contributed by atoms with van der Waals surface area (Å²) in [5.74, 6) is 0. The fraction of sp³-hybridized carbons (Fsp3) is 0.545. The van der Waals surface area contributed by atoms with Gasteiger partial charge in [-0.3, -0.25) is 0 Å². The molecule has 2 bridgehead atoms. The van der Waals surface area contributed by atoms with Gasteiger partial charge >= 0.3 is 35.6 Å². The van der Waals surface area contributed by atoms with Gasteiger partial charge in [0.15, 0.2) is 0 Å². The van der Waals surface area contributed by atoms with Gasteiger partial charge in [0.2, 0.25) is 10.4 Å². The molecule has 0 aliphatic carbocycles. The number of ether oxygens (including phenoxy) is 1. The molecule has 2 atom stereocenters. The fourth-order valence-electron chi connectivity index (χ4n) is 2.43. The number of carbonyl (C=O) groups excluding carboxylic acids is 1. The van der Waals surface area contributed by atoms with Crippen LogP contribution in [0.15, 0.2) is 23.8 Å². The fourth-order valence-corrected chi connectivity index (χ4v) is 2.79. The van der Waals surface area contributed by atoms with E-state index in [4.69, 9.17) is 4.74 Å². The average molecular weight is 326 g/mol. The largest absolute Gasteiger partial charge is 1.00 e. The van der Waals surface area contributed by atoms with Gasteiger partial charge in [0.05, 0.1) is 19.2 Å². The third-order valence-corrected chi connectivity index (χ3v) is 3.56. The molecule has 0 aromatic heterocycles. The van der Waals surface area contributed by atoms with Gasteiger partial charge in [0, 0.05) is 7.11 Å². The predicted octanol–water partition coefficient (Wildman–Crippen LogP) is -2.98. The van der Waals surface area contributed by atoms with Crippen molar-refractivity contribution in [2.75, 3.05) is 20.3 Å². The van der Waals surface area contributed by atoms with E-state index in [1.54, 1.807) is 13.0 Å². The second kappa shape index (κ2) is 6.78. The van der Waals surface area contributed by atoms with Crippen molar-refractivity contribution in [2.45, 2.75) is 19.0 Å². The molecule has 2 rings (SSSR count). The molecule has 0 radical (unpaired) electrons. The maximum absolute atomic E-state index is 12.1. The van der Waals surface area contributed by atoms with Crippen molar-refractivity contribution in [1.29, 1.82) is 0 Å². The molecule has 10 heteroatoms. The molecule has 2 aliphatic heterocycles. The zero-order chi connectivity index (χ0) is 15.1. The molecule has 21 heavy (non-hydrogen) atoms. The summed E-state index contributed by atoms with van der Waals surface area (Å²) in [4.78, 5) is 13.5. The summed E-state index contributed by atoms with van der Waals surface area (Å²) < 4.78 is 41.5. The Kier molecular flexibility index (Phi) is 6.01. The SMILES string of the molecule is C=C(C)C1=C[C@@H](COC)N2C[C@H]1N(OS(=O)(=O)[O-])C2=O.[Na+]. The van der Waals surface area contributed by atoms with Crippen LogP contribution < -0.4 is 29.6 Å². The molecule has 112 valence electrons. The molecule has 1 saturated heterocycles. The van der Waals surface area contributed by atoms with E-state index in [1.165, 1.54) is 12.0 Å². The maximum Gasteiger partial charge on any atom is 1.00 e. The Morgan fingerprint density at radius 3 is 2.67 bits per heavy atom. The Bertz CT molecular complexity index is 575. The van der Waals surface area contributed by atoms with Gasteiger partial charge in [-0.1, -0.05) is 18.2 Å². The molecule has 0 spiro atoms. The summed E-state index contributed by atoms with van der Waals surface area (Å²) >= 11 is 0. The number of fused-ring (bicyclic) bond motifs is 2. The maximum atomic E-state index is 12.1. The molecule has 0 N–H and O–H groups in total. The van der Waals surface area contributed by atoms with Crippen molar-refractivity contribution in [2.24, 2.45) is 0 Å². The molecule has 2 amide bonds. The van der Waals surface area contributed by atoms with Crippen LogP contribution in [0.4, 0.5) is 4.79 Å². The van der Waals surface area contributed by atoms with E-state index in [2.05, 4.69) is 10.9 Å². The van der Waals surface area contributed by atoms with Crippen molar-refractivity contribution >= 4 is 16.4 Å². The van der Waals surface area contributed by atoms with E-state index in [1.807, 2.05) is 0 Å². The van der Waals surface area contributed by atoms with Gasteiger partial charge < -0.3 is 14.2 Å². The zero-order valence-corrected chi connectivity index (χ0v) is 14.9. The van der Waals surface area contributed by atoms with Crippen LogP contribution in [0.1, 0.15) is 6.92 Å². The number of urea groups is 1. The monoisotopic (exact) mass is 326 g/mol. The molecule has 8 nitrogen and oxygen atoms in total. The van der Waals surface area contributed by atoms with Crippen LogP contribution in [0.25, 0.3) is 0 Å². The Labute approximate surface area is 145 Å². The second-order valence-corrected chi connectivity index (χ2v) is 5.65. The molecule has 2 heterocycles. The first-order chi connectivity index (χ1) is 9.24. The molecule has 0 unspecified atom stereocenters. The first-order valence-corrected chi connectivity index (χ1v) is 7.19. The molecule has 0 aromatic carbocycles. The Hall–Kier alpha value is -0.420. The van der Waals surface area contributed by atoms with Gasteiger partial charge in [0.1, 0.15) is 6.04 Å². The standard InChI is InChI=1S/C11H16N2O6S.Na/c1-7(2)9-4-8(6-18-3)12-5-10(9)13(11(12)14)19-20(15,16)17;/h4,8,10H,1,5-6H2,2-3H3,(H,15,16,17);/q;+1/p-1/t8-,10+;/m0./s1. The third kappa shape index (κ3) is 3.86. The van der Waals surface area contributed by atoms with Crippen LogP contribution in [-0.2, 0) is 19.4 Å². The molecule has 0 saturated carbocycles. The Morgan fingerprint density at radius 2 is 2.19 bits per heavy atom. The van der Waals surface area contributed by atoms with Gasteiger partial charge in [-0.25, -0.2) is 13.2 Å². The van der Waals surface area contributed by atoms with E-state index in [-0.39, 0.29) is 48.8 Å². The van der Waals surface area contributed by atoms with Crippen LogP contribution in [-0.4, -0.2) is 61.3 Å². The number of methoxy groups -OCH3 is 1. The number of rotatable bonds is 5. The second-order valence-electron chi connectivity index (χ2n) is 4.68. The Balaban J connectivity index is 0.00000220. The summed E-state index contributed by atoms with van der Waals surface area (Å²) in [7, 11) is -3.52. The van der Waals surface area contributed by atoms with Gasteiger partial charge in [-0.05, 0) is 12.5 Å². The quantitative estimate of drug-likeness (QED) is 0.304. The number of hydrogen-bond donors (Lipinski definition) is 0. The van der Waals surface area contributed by atoms with Crippen molar-refractivity contribution < 1.29 is 56.3 Å². The van der Waals surface area contributed by atoms with Crippen LogP contribution in [0.3, 0.4) is 0 Å². The van der Waals surface area contributed by atoms with Crippen LogP contribution in [0.5, 0.6) is 0 Å². The summed E-state index contributed by atoms with van der Waals surface area (Å²) in [5.41, 5.74) is 1.33. The smallest absolute Gasteiger partial charge is 0.724 e. The minimum Gasteiger partial charge on any atom is -0.724 e. The van der Waals surface area contributed by atoms with Gasteiger partial charge in [-0.15, -0.1) is 0 Å². The molecule has 0 aromatic rings. The first-order valence-electron chi connectivity index (χ1n) is 5.86. The van der Waals surface area contributed by atoms with E-state index in [9.17, 15) is 17.8 Å². The summed E-state index contributed by atoms with van der Waals surface area (Å²) in [6, 6.07) is -1.68. The van der Waals surface area contributed by atoms with E-state index in [0.717, 1.165) is 0 Å². The van der Waals surface area contributed by atoms with Crippen LogP contribution in [0, 0.1) is 0 Å². The minimum atomic E-state index is -5.02. The summed E-state index contributed by atoms with van der Waals surface area (Å²) in [6.45, 7) is 6.01. The van der Waals surface area contributed by atoms with E-state index >= 15 is 0 Å². The number of hydroxylamine groups is 2. The van der Waals surface area contributed by atoms with Crippen molar-refractivity contribution in [3.8, 4) is 0 Å². The zero-order valence-electron chi connectivity index (χ0n) is 12.1. The molecule has 1 fully saturated rings. The van der Waals surface area contributed by atoms with Crippen molar-refractivity contribution in [3.05, 3.63) is 23.8 Å². The average Bonchev–Trinajstić information content (AvgIpc) is 2.57. The molecular formula is C11H15N2NaO6S. The molecule has 2 aliphatic rings. The van der Waals surface area contributed by atoms with Crippen LogP contribution in [0.2, 0.25) is 0 Å². The summed E-state index contributed by atoms with van der Waals surface area (Å²) in [5, 5.41) is 0.596. The van der Waals surface area contributed by atoms with Crippen molar-refractivity contribution in [1.82, 2.24) is 9.96 Å². The van der Waals surface area contributed by atoms with Gasteiger partial charge in [0.25, 0.3) is 0 Å². The number of hydrogen-bond acceptors (Lipinski definition) is 6. The number of amides is 2. The number of carbonyl (C=O) groups is 1. The summed E-state index contributed by atoms with van der Waals surface area (Å²) in [6.07, 6.45) is 1.78. The topological polar surface area (TPSA) is 99.2 Å². The predicted molar refractivity (Wildman–Crippen MR) is 67.1 cm³/mol. The third-order valence-electron chi connectivity index (χ3n) is 3.22. The first kappa shape index (κ1) is 18.6. The van der Waals surface area contributed by atoms with Crippen LogP contribution >= 0.6 is 0 Å². The van der Waals surface area contributed by atoms with E-state index in [0.29, 0.717) is 16.2 Å². The number of nitrogens with zero attached hydrogens (tertiary/aromatic N) is 2. The molecular weight excluding hydrogens is 311 g/mol. The van der Waals surface area contributed by atoms with Crippen molar-refractivity contribution in [3.63, 3.8) is 0 Å². The van der Waals surface area contributed by atoms with Gasteiger partial charge in [-0.2, -0.15) is 9.35 Å². The minimum absolute atomic E-state index is 0. The van der Waals surface area contributed by atoms with E-state index < -0.39 is 22.5 Å².